The second kappa shape index (κ2) is 7.79. The van der Waals surface area contributed by atoms with Crippen molar-refractivity contribution in [1.29, 1.82) is 0 Å². The summed E-state index contributed by atoms with van der Waals surface area (Å²) in [5.41, 5.74) is 1.89. The van der Waals surface area contributed by atoms with Gasteiger partial charge in [-0.3, -0.25) is 9.69 Å². The first kappa shape index (κ1) is 17.0. The number of carbonyl (C=O) groups excluding carboxylic acids is 1. The highest BCUT2D eigenvalue weighted by Gasteiger charge is 2.18. The van der Waals surface area contributed by atoms with Gasteiger partial charge in [-0.15, -0.1) is 11.3 Å². The molecule has 1 aliphatic heterocycles. The second-order valence-electron chi connectivity index (χ2n) is 5.69. The molecule has 1 N–H and O–H groups in total. The lowest BCUT2D eigenvalue weighted by Gasteiger charge is -2.26. The average molecular weight is 400 g/mol. The first-order valence-corrected chi connectivity index (χ1v) is 9.72. The Kier molecular flexibility index (Phi) is 5.74. The summed E-state index contributed by atoms with van der Waals surface area (Å²) < 4.78 is 9.69. The molecular weight excluding hydrogens is 378 g/mol. The molecule has 0 aromatic carbocycles. The van der Waals surface area contributed by atoms with Crippen LogP contribution in [0.3, 0.4) is 0 Å². The average Bonchev–Trinajstić information content (AvgIpc) is 3.10. The van der Waals surface area contributed by atoms with Crippen molar-refractivity contribution in [1.82, 2.24) is 14.8 Å². The fourth-order valence-electron chi connectivity index (χ4n) is 2.92. The van der Waals surface area contributed by atoms with Crippen LogP contribution in [-0.4, -0.2) is 54.8 Å². The van der Waals surface area contributed by atoms with Crippen LogP contribution >= 0.6 is 27.3 Å². The number of ether oxygens (including phenoxy) is 1. The van der Waals surface area contributed by atoms with Crippen LogP contribution < -0.4 is 5.32 Å². The molecule has 126 valence electrons. The molecule has 1 saturated heterocycles. The number of rotatable bonds is 6. The van der Waals surface area contributed by atoms with Crippen molar-refractivity contribution >= 4 is 43.4 Å². The fraction of sp³-hybridized carbons (Fsp3) is 0.562. The Morgan fingerprint density at radius 1 is 1.39 bits per heavy atom. The summed E-state index contributed by atoms with van der Waals surface area (Å²) in [6, 6.07) is 2.00. The van der Waals surface area contributed by atoms with E-state index in [4.69, 9.17) is 4.74 Å². The van der Waals surface area contributed by atoms with E-state index in [1.807, 2.05) is 6.07 Å². The Hall–Kier alpha value is -0.890. The van der Waals surface area contributed by atoms with Crippen LogP contribution in [0.2, 0.25) is 0 Å². The van der Waals surface area contributed by atoms with E-state index in [1.165, 1.54) is 0 Å². The van der Waals surface area contributed by atoms with Crippen molar-refractivity contribution in [2.24, 2.45) is 0 Å². The molecule has 2 aromatic heterocycles. The summed E-state index contributed by atoms with van der Waals surface area (Å²) in [5.74, 6) is 0.0157. The zero-order chi connectivity index (χ0) is 16.2. The normalized spacial score (nSPS) is 16.1. The number of hydrogen-bond donors (Lipinski definition) is 1. The second-order valence-corrected chi connectivity index (χ2v) is 7.45. The van der Waals surface area contributed by atoms with Crippen LogP contribution in [-0.2, 0) is 11.3 Å². The number of halogens is 1. The van der Waals surface area contributed by atoms with E-state index in [0.717, 1.165) is 66.2 Å². The lowest BCUT2D eigenvalue weighted by Crippen LogP contribution is -2.41. The molecule has 0 radical (unpaired) electrons. The lowest BCUT2D eigenvalue weighted by atomic mass is 10.3. The summed E-state index contributed by atoms with van der Waals surface area (Å²) in [5, 5.41) is 5.14. The fourth-order valence-corrected chi connectivity index (χ4v) is 4.61. The third-order valence-electron chi connectivity index (χ3n) is 4.07. The lowest BCUT2D eigenvalue weighted by molar-refractivity contribution is 0.0383. The Balaban J connectivity index is 1.66. The molecule has 3 heterocycles. The van der Waals surface area contributed by atoms with Gasteiger partial charge in [0.15, 0.2) is 0 Å². The van der Waals surface area contributed by atoms with Gasteiger partial charge in [-0.2, -0.15) is 0 Å². The van der Waals surface area contributed by atoms with E-state index in [2.05, 4.69) is 43.0 Å². The van der Waals surface area contributed by atoms with Gasteiger partial charge in [-0.25, -0.2) is 0 Å². The van der Waals surface area contributed by atoms with Crippen molar-refractivity contribution in [3.8, 4) is 0 Å². The molecule has 2 aromatic rings. The molecule has 3 rings (SSSR count). The SMILES string of the molecule is CCCn1c(C(=O)NCCN2CCOCC2)cc2scc(Br)c21. The molecule has 7 heteroatoms. The number of aryl methyl sites for hydroxylation is 1. The zero-order valence-corrected chi connectivity index (χ0v) is 15.7. The molecule has 1 aliphatic rings. The summed E-state index contributed by atoms with van der Waals surface area (Å²) >= 11 is 5.26. The maximum Gasteiger partial charge on any atom is 0.268 e. The van der Waals surface area contributed by atoms with Gasteiger partial charge in [0, 0.05) is 38.1 Å². The number of thiophene rings is 1. The quantitative estimate of drug-likeness (QED) is 0.811. The first-order valence-electron chi connectivity index (χ1n) is 8.05. The monoisotopic (exact) mass is 399 g/mol. The summed E-state index contributed by atoms with van der Waals surface area (Å²) in [6.45, 7) is 8.01. The van der Waals surface area contributed by atoms with Gasteiger partial charge in [-0.05, 0) is 28.4 Å². The predicted molar refractivity (Wildman–Crippen MR) is 97.4 cm³/mol. The molecular formula is C16H22BrN3O2S. The minimum atomic E-state index is 0.0157. The Morgan fingerprint density at radius 2 is 2.17 bits per heavy atom. The van der Waals surface area contributed by atoms with Crippen LogP contribution in [0, 0.1) is 0 Å². The van der Waals surface area contributed by atoms with E-state index in [1.54, 1.807) is 11.3 Å². The maximum atomic E-state index is 12.6. The minimum absolute atomic E-state index is 0.0157. The Labute approximate surface area is 148 Å². The van der Waals surface area contributed by atoms with Gasteiger partial charge in [0.2, 0.25) is 0 Å². The van der Waals surface area contributed by atoms with Crippen molar-refractivity contribution in [2.45, 2.75) is 19.9 Å². The summed E-state index contributed by atoms with van der Waals surface area (Å²) in [6.07, 6.45) is 1.00. The molecule has 1 amide bonds. The number of carbonyl (C=O) groups is 1. The highest BCUT2D eigenvalue weighted by Crippen LogP contribution is 2.33. The van der Waals surface area contributed by atoms with E-state index < -0.39 is 0 Å². The van der Waals surface area contributed by atoms with E-state index >= 15 is 0 Å². The minimum Gasteiger partial charge on any atom is -0.379 e. The molecule has 0 aliphatic carbocycles. The van der Waals surface area contributed by atoms with Crippen molar-refractivity contribution in [3.05, 3.63) is 21.6 Å². The topological polar surface area (TPSA) is 46.5 Å². The van der Waals surface area contributed by atoms with Crippen LogP contribution in [0.1, 0.15) is 23.8 Å². The highest BCUT2D eigenvalue weighted by molar-refractivity contribution is 9.10. The predicted octanol–water partition coefficient (Wildman–Crippen LogP) is 2.94. The van der Waals surface area contributed by atoms with Crippen molar-refractivity contribution in [3.63, 3.8) is 0 Å². The number of aromatic nitrogens is 1. The van der Waals surface area contributed by atoms with E-state index in [0.29, 0.717) is 6.54 Å². The molecule has 0 saturated carbocycles. The van der Waals surface area contributed by atoms with Gasteiger partial charge in [0.1, 0.15) is 5.69 Å². The summed E-state index contributed by atoms with van der Waals surface area (Å²) in [7, 11) is 0. The van der Waals surface area contributed by atoms with Crippen LogP contribution in [0.25, 0.3) is 10.2 Å². The van der Waals surface area contributed by atoms with Gasteiger partial charge in [0.05, 0.1) is 27.9 Å². The van der Waals surface area contributed by atoms with Crippen molar-refractivity contribution < 1.29 is 9.53 Å². The van der Waals surface area contributed by atoms with E-state index in [9.17, 15) is 4.79 Å². The summed E-state index contributed by atoms with van der Waals surface area (Å²) in [4.78, 5) is 14.9. The molecule has 0 spiro atoms. The molecule has 5 nitrogen and oxygen atoms in total. The number of hydrogen-bond acceptors (Lipinski definition) is 4. The first-order chi connectivity index (χ1) is 11.2. The van der Waals surface area contributed by atoms with Crippen LogP contribution in [0.4, 0.5) is 0 Å². The molecule has 0 atom stereocenters. The van der Waals surface area contributed by atoms with E-state index in [-0.39, 0.29) is 5.91 Å². The Morgan fingerprint density at radius 3 is 2.91 bits per heavy atom. The van der Waals surface area contributed by atoms with Gasteiger partial charge in [0.25, 0.3) is 5.91 Å². The number of amides is 1. The number of nitrogens with zero attached hydrogens (tertiary/aromatic N) is 2. The number of morpholine rings is 1. The standard InChI is InChI=1S/C16H22BrN3O2S/c1-2-4-20-13(10-14-15(20)12(17)11-23-14)16(21)18-3-5-19-6-8-22-9-7-19/h10-11H,2-9H2,1H3,(H,18,21). The molecule has 0 bridgehead atoms. The highest BCUT2D eigenvalue weighted by atomic mass is 79.9. The largest absolute Gasteiger partial charge is 0.379 e. The molecule has 1 fully saturated rings. The number of fused-ring (bicyclic) bond motifs is 1. The van der Waals surface area contributed by atoms with Crippen LogP contribution in [0.15, 0.2) is 15.9 Å². The maximum absolute atomic E-state index is 12.6. The van der Waals surface area contributed by atoms with Gasteiger partial charge >= 0.3 is 0 Å². The number of nitrogens with one attached hydrogen (secondary N) is 1. The van der Waals surface area contributed by atoms with Gasteiger partial charge in [-0.1, -0.05) is 6.92 Å². The zero-order valence-electron chi connectivity index (χ0n) is 13.3. The smallest absolute Gasteiger partial charge is 0.268 e. The third-order valence-corrected chi connectivity index (χ3v) is 5.90. The Bertz CT molecular complexity index is 676. The van der Waals surface area contributed by atoms with Gasteiger partial charge < -0.3 is 14.6 Å². The molecule has 23 heavy (non-hydrogen) atoms. The third kappa shape index (κ3) is 3.79. The molecule has 0 unspecified atom stereocenters. The van der Waals surface area contributed by atoms with Crippen molar-refractivity contribution in [2.75, 3.05) is 39.4 Å². The van der Waals surface area contributed by atoms with Crippen LogP contribution in [0.5, 0.6) is 0 Å².